The van der Waals surface area contributed by atoms with Crippen molar-refractivity contribution in [3.63, 3.8) is 0 Å². The van der Waals surface area contributed by atoms with E-state index >= 15 is 0 Å². The van der Waals surface area contributed by atoms with Gasteiger partial charge in [0.15, 0.2) is 6.29 Å². The second kappa shape index (κ2) is 23.0. The minimum Gasteiger partial charge on any atom is -0.347 e. The van der Waals surface area contributed by atoms with Gasteiger partial charge in [0.25, 0.3) is 5.91 Å². The highest BCUT2D eigenvalue weighted by Gasteiger charge is 2.22. The maximum atomic E-state index is 11.8. The lowest BCUT2D eigenvalue weighted by atomic mass is 9.95. The van der Waals surface area contributed by atoms with E-state index in [2.05, 4.69) is 60.9 Å². The monoisotopic (exact) mass is 585 g/mol. The van der Waals surface area contributed by atoms with Crippen LogP contribution < -0.4 is 21.3 Å². The molecule has 1 heterocycles. The third-order valence-corrected chi connectivity index (χ3v) is 5.55. The predicted octanol–water partition coefficient (Wildman–Crippen LogP) is 3.97. The average Bonchev–Trinajstić information content (AvgIpc) is 2.96. The lowest BCUT2D eigenvalue weighted by Gasteiger charge is -2.22. The van der Waals surface area contributed by atoms with Crippen LogP contribution in [0.2, 0.25) is 0 Å². The Hall–Kier alpha value is -3.66. The van der Waals surface area contributed by atoms with Gasteiger partial charge in [-0.2, -0.15) is 0 Å². The molecule has 1 aromatic carbocycles. The molecule has 2 aromatic rings. The molecule has 0 aliphatic heterocycles. The van der Waals surface area contributed by atoms with E-state index in [1.165, 1.54) is 13.3 Å². The number of Topliss-reactive ketones (excluding diaryl/α,β-unsaturated/α-hetero) is 1. The summed E-state index contributed by atoms with van der Waals surface area (Å²) < 4.78 is 0. The van der Waals surface area contributed by atoms with Crippen LogP contribution in [0.1, 0.15) is 90.4 Å². The van der Waals surface area contributed by atoms with Gasteiger partial charge in [0.1, 0.15) is 6.04 Å². The van der Waals surface area contributed by atoms with Crippen molar-refractivity contribution >= 4 is 40.6 Å². The summed E-state index contributed by atoms with van der Waals surface area (Å²) in [5.74, 6) is -1.34. The van der Waals surface area contributed by atoms with Gasteiger partial charge in [0, 0.05) is 29.4 Å². The molecule has 3 rings (SSSR count). The number of amides is 3. The number of benzene rings is 1. The van der Waals surface area contributed by atoms with Gasteiger partial charge in [-0.05, 0) is 38.1 Å². The largest absolute Gasteiger partial charge is 0.347 e. The third-order valence-electron chi connectivity index (χ3n) is 5.55. The van der Waals surface area contributed by atoms with E-state index in [-0.39, 0.29) is 25.0 Å². The van der Waals surface area contributed by atoms with Crippen LogP contribution in [0.25, 0.3) is 10.8 Å². The Labute approximate surface area is 251 Å². The summed E-state index contributed by atoms with van der Waals surface area (Å²) in [5, 5.41) is 12.2. The van der Waals surface area contributed by atoms with E-state index in [1.54, 1.807) is 19.4 Å². The standard InChI is InChI=1S/C15H26N4O4.C10H7NO.C4H10.C3H8/c1-10(18-13(21)9-16-2)14(22)17-8-12(20)15(23)19-11-6-4-3-5-7-11;12-7-9-6-11-5-8-3-1-2-4-10(8)9;1-4(2)3;1-3-2/h10-11,16H,3-9H2,1-2H3,(H,17,22)(H,18,21)(H,19,23);1-7H;4H,1-3H3;3H2,1-2H3. The Bertz CT molecular complexity index is 1090. The topological polar surface area (TPSA) is 146 Å². The van der Waals surface area contributed by atoms with Gasteiger partial charge in [-0.25, -0.2) is 0 Å². The van der Waals surface area contributed by atoms with Crippen LogP contribution in [-0.4, -0.2) is 67.0 Å². The highest BCUT2D eigenvalue weighted by Crippen LogP contribution is 2.17. The highest BCUT2D eigenvalue weighted by molar-refractivity contribution is 6.37. The van der Waals surface area contributed by atoms with Gasteiger partial charge >= 0.3 is 0 Å². The first-order chi connectivity index (χ1) is 20.0. The van der Waals surface area contributed by atoms with Crippen LogP contribution in [0.4, 0.5) is 0 Å². The second-order valence-corrected chi connectivity index (χ2v) is 10.8. The minimum atomic E-state index is -0.773. The summed E-state index contributed by atoms with van der Waals surface area (Å²) in [5.41, 5.74) is 0.646. The van der Waals surface area contributed by atoms with Crippen LogP contribution in [0.3, 0.4) is 0 Å². The van der Waals surface area contributed by atoms with Crippen molar-refractivity contribution in [3.05, 3.63) is 42.2 Å². The molecular formula is C32H51N5O5. The Morgan fingerprint density at radius 2 is 1.55 bits per heavy atom. The van der Waals surface area contributed by atoms with Gasteiger partial charge in [-0.1, -0.05) is 84.6 Å². The van der Waals surface area contributed by atoms with E-state index in [0.717, 1.165) is 55.1 Å². The summed E-state index contributed by atoms with van der Waals surface area (Å²) >= 11 is 0. The van der Waals surface area contributed by atoms with Crippen LogP contribution in [0, 0.1) is 5.92 Å². The van der Waals surface area contributed by atoms with Crippen molar-refractivity contribution in [2.24, 2.45) is 5.92 Å². The molecule has 4 N–H and O–H groups in total. The van der Waals surface area contributed by atoms with Crippen LogP contribution in [0.15, 0.2) is 36.7 Å². The highest BCUT2D eigenvalue weighted by atomic mass is 16.2. The molecule has 1 atom stereocenters. The van der Waals surface area contributed by atoms with Crippen LogP contribution in [0.5, 0.6) is 0 Å². The van der Waals surface area contributed by atoms with Crippen molar-refractivity contribution in [1.82, 2.24) is 26.3 Å². The Morgan fingerprint density at radius 1 is 0.952 bits per heavy atom. The summed E-state index contributed by atoms with van der Waals surface area (Å²) in [6.07, 6.45) is 10.5. The van der Waals surface area contributed by atoms with E-state index in [0.29, 0.717) is 5.56 Å². The van der Waals surface area contributed by atoms with Crippen molar-refractivity contribution in [1.29, 1.82) is 0 Å². The van der Waals surface area contributed by atoms with E-state index in [4.69, 9.17) is 0 Å². The van der Waals surface area contributed by atoms with Crippen molar-refractivity contribution in [2.45, 2.75) is 92.2 Å². The van der Waals surface area contributed by atoms with E-state index in [9.17, 15) is 24.0 Å². The molecule has 1 aliphatic rings. The molecule has 3 amide bonds. The summed E-state index contributed by atoms with van der Waals surface area (Å²) in [7, 11) is 1.62. The number of aldehydes is 1. The summed E-state index contributed by atoms with van der Waals surface area (Å²) in [4.78, 5) is 61.2. The first kappa shape index (κ1) is 38.3. The molecule has 0 spiro atoms. The zero-order chi connectivity index (χ0) is 31.9. The molecule has 10 nitrogen and oxygen atoms in total. The number of rotatable bonds is 9. The maximum Gasteiger partial charge on any atom is 0.289 e. The predicted molar refractivity (Wildman–Crippen MR) is 168 cm³/mol. The zero-order valence-electron chi connectivity index (χ0n) is 26.4. The van der Waals surface area contributed by atoms with Crippen molar-refractivity contribution in [3.8, 4) is 0 Å². The van der Waals surface area contributed by atoms with Gasteiger partial charge in [-0.15, -0.1) is 0 Å². The molecule has 10 heteroatoms. The number of aromatic nitrogens is 1. The first-order valence-electron chi connectivity index (χ1n) is 14.8. The summed E-state index contributed by atoms with van der Waals surface area (Å²) in [6.45, 7) is 12.0. The van der Waals surface area contributed by atoms with Crippen molar-refractivity contribution in [2.75, 3.05) is 20.1 Å². The molecule has 1 aliphatic carbocycles. The number of pyridine rings is 1. The lowest BCUT2D eigenvalue weighted by Crippen LogP contribution is -2.49. The quantitative estimate of drug-likeness (QED) is 0.257. The number of hydrogen-bond acceptors (Lipinski definition) is 7. The van der Waals surface area contributed by atoms with Gasteiger partial charge in [0.2, 0.25) is 17.6 Å². The summed E-state index contributed by atoms with van der Waals surface area (Å²) in [6, 6.07) is 6.98. The van der Waals surface area contributed by atoms with Gasteiger partial charge in [0.05, 0.1) is 13.1 Å². The number of hydrogen-bond donors (Lipinski definition) is 4. The fraction of sp³-hybridized carbons (Fsp3) is 0.562. The first-order valence-corrected chi connectivity index (χ1v) is 14.8. The number of ketones is 1. The fourth-order valence-corrected chi connectivity index (χ4v) is 3.67. The van der Waals surface area contributed by atoms with Crippen molar-refractivity contribution < 1.29 is 24.0 Å². The number of nitrogens with zero attached hydrogens (tertiary/aromatic N) is 1. The number of fused-ring (bicyclic) bond motifs is 1. The van der Waals surface area contributed by atoms with Gasteiger partial charge in [-0.3, -0.25) is 29.0 Å². The number of carbonyl (C=O) groups is 5. The average molecular weight is 586 g/mol. The van der Waals surface area contributed by atoms with Crippen LogP contribution in [-0.2, 0) is 19.2 Å². The molecule has 1 saturated carbocycles. The molecule has 234 valence electrons. The molecular weight excluding hydrogens is 534 g/mol. The smallest absolute Gasteiger partial charge is 0.289 e. The third kappa shape index (κ3) is 17.2. The molecule has 1 aromatic heterocycles. The molecule has 1 fully saturated rings. The maximum absolute atomic E-state index is 11.8. The number of likely N-dealkylation sites (N-methyl/N-ethyl adjacent to an activating group) is 1. The second-order valence-electron chi connectivity index (χ2n) is 10.8. The normalized spacial score (nSPS) is 13.0. The van der Waals surface area contributed by atoms with E-state index in [1.807, 2.05) is 24.3 Å². The SMILES string of the molecule is CC(C)C.CCC.CNCC(=O)NC(C)C(=O)NCC(=O)C(=O)NC1CCCCC1.O=Cc1cncc2ccccc12. The number of carbonyl (C=O) groups excluding carboxylic acids is 5. The zero-order valence-corrected chi connectivity index (χ0v) is 26.4. The van der Waals surface area contributed by atoms with Crippen LogP contribution >= 0.6 is 0 Å². The minimum absolute atomic E-state index is 0.0515. The molecule has 0 bridgehead atoms. The molecule has 0 saturated heterocycles. The molecule has 42 heavy (non-hydrogen) atoms. The lowest BCUT2D eigenvalue weighted by molar-refractivity contribution is -0.138. The Morgan fingerprint density at radius 3 is 2.12 bits per heavy atom. The van der Waals surface area contributed by atoms with Gasteiger partial charge < -0.3 is 21.3 Å². The number of nitrogens with one attached hydrogen (secondary N) is 4. The Kier molecular flexibility index (Phi) is 21.0. The van der Waals surface area contributed by atoms with E-state index < -0.39 is 23.6 Å². The molecule has 1 unspecified atom stereocenters. The molecule has 0 radical (unpaired) electrons. The fourth-order valence-electron chi connectivity index (χ4n) is 3.67. The Balaban J connectivity index is 0.000000727.